The molecule has 0 radical (unpaired) electrons. The molecule has 0 bridgehead atoms. The van der Waals surface area contributed by atoms with Crippen LogP contribution in [0.25, 0.3) is 0 Å². The van der Waals surface area contributed by atoms with Gasteiger partial charge in [0, 0.05) is 36.4 Å². The molecule has 136 valence electrons. The van der Waals surface area contributed by atoms with E-state index >= 15 is 0 Å². The summed E-state index contributed by atoms with van der Waals surface area (Å²) in [5.74, 6) is -0.0127. The highest BCUT2D eigenvalue weighted by molar-refractivity contribution is 5.95. The van der Waals surface area contributed by atoms with E-state index in [1.807, 2.05) is 0 Å². The van der Waals surface area contributed by atoms with Crippen molar-refractivity contribution in [3.63, 3.8) is 0 Å². The normalized spacial score (nSPS) is 14.1. The minimum atomic E-state index is -0.0298. The number of nitrogens with one attached hydrogen (secondary N) is 1. The van der Waals surface area contributed by atoms with Gasteiger partial charge in [-0.2, -0.15) is 0 Å². The summed E-state index contributed by atoms with van der Waals surface area (Å²) >= 11 is 0. The lowest BCUT2D eigenvalue weighted by Crippen LogP contribution is -2.36. The number of rotatable bonds is 6. The summed E-state index contributed by atoms with van der Waals surface area (Å²) in [4.78, 5) is 25.7. The summed E-state index contributed by atoms with van der Waals surface area (Å²) in [6, 6.07) is 15.3. The van der Waals surface area contributed by atoms with Crippen molar-refractivity contribution in [2.45, 2.75) is 19.8 Å². The van der Waals surface area contributed by atoms with E-state index in [4.69, 9.17) is 4.74 Å². The fourth-order valence-electron chi connectivity index (χ4n) is 2.96. The lowest BCUT2D eigenvalue weighted by Gasteiger charge is -2.28. The molecule has 1 amide bonds. The van der Waals surface area contributed by atoms with Crippen LogP contribution in [0.4, 0.5) is 11.4 Å². The molecule has 5 heteroatoms. The fourth-order valence-corrected chi connectivity index (χ4v) is 2.96. The van der Waals surface area contributed by atoms with Crippen molar-refractivity contribution in [1.29, 1.82) is 0 Å². The molecule has 1 aliphatic heterocycles. The molecule has 1 aliphatic rings. The van der Waals surface area contributed by atoms with Gasteiger partial charge in [-0.15, -0.1) is 0 Å². The number of anilines is 2. The number of aryl methyl sites for hydroxylation is 1. The number of hydrogen-bond donors (Lipinski definition) is 1. The van der Waals surface area contributed by atoms with E-state index < -0.39 is 0 Å². The van der Waals surface area contributed by atoms with E-state index in [2.05, 4.69) is 34.5 Å². The summed E-state index contributed by atoms with van der Waals surface area (Å²) in [6.07, 6.45) is 1.12. The van der Waals surface area contributed by atoms with Crippen LogP contribution in [0, 0.1) is 0 Å². The first kappa shape index (κ1) is 18.1. The van der Waals surface area contributed by atoms with Crippen LogP contribution in [0.15, 0.2) is 48.5 Å². The second-order valence-electron chi connectivity index (χ2n) is 6.45. The number of nitrogens with zero attached hydrogens (tertiary/aromatic N) is 1. The largest absolute Gasteiger partial charge is 0.378 e. The van der Waals surface area contributed by atoms with E-state index in [9.17, 15) is 9.59 Å². The fraction of sp³-hybridized carbons (Fsp3) is 0.333. The number of hydrogen-bond acceptors (Lipinski definition) is 4. The Morgan fingerprint density at radius 1 is 1.00 bits per heavy atom. The summed E-state index contributed by atoms with van der Waals surface area (Å²) in [5, 5.41) is 2.87. The van der Waals surface area contributed by atoms with Crippen LogP contribution in [-0.4, -0.2) is 38.0 Å². The van der Waals surface area contributed by atoms with Crippen molar-refractivity contribution in [2.24, 2.45) is 0 Å². The van der Waals surface area contributed by atoms with Crippen LogP contribution in [0.5, 0.6) is 0 Å². The third kappa shape index (κ3) is 4.92. The first-order valence-corrected chi connectivity index (χ1v) is 8.94. The molecule has 3 rings (SSSR count). The van der Waals surface area contributed by atoms with Crippen LogP contribution in [0.1, 0.15) is 29.3 Å². The minimum Gasteiger partial charge on any atom is -0.378 e. The van der Waals surface area contributed by atoms with E-state index in [0.29, 0.717) is 24.1 Å². The van der Waals surface area contributed by atoms with Gasteiger partial charge in [-0.25, -0.2) is 0 Å². The van der Waals surface area contributed by atoms with E-state index in [1.54, 1.807) is 24.3 Å². The third-order valence-corrected chi connectivity index (χ3v) is 4.53. The van der Waals surface area contributed by atoms with E-state index in [0.717, 1.165) is 31.9 Å². The van der Waals surface area contributed by atoms with E-state index in [1.165, 1.54) is 12.6 Å². The Balaban J connectivity index is 1.48. The summed E-state index contributed by atoms with van der Waals surface area (Å²) in [5.41, 5.74) is 3.70. The lowest BCUT2D eigenvalue weighted by molar-refractivity contribution is -0.116. The van der Waals surface area contributed by atoms with Gasteiger partial charge in [0.05, 0.1) is 13.2 Å². The first-order chi connectivity index (χ1) is 12.6. The van der Waals surface area contributed by atoms with Gasteiger partial charge in [0.2, 0.25) is 5.91 Å². The van der Waals surface area contributed by atoms with E-state index in [-0.39, 0.29) is 11.7 Å². The smallest absolute Gasteiger partial charge is 0.224 e. The van der Waals surface area contributed by atoms with Gasteiger partial charge in [-0.1, -0.05) is 12.1 Å². The molecule has 0 unspecified atom stereocenters. The zero-order chi connectivity index (χ0) is 18.4. The second-order valence-corrected chi connectivity index (χ2v) is 6.45. The number of benzene rings is 2. The topological polar surface area (TPSA) is 58.6 Å². The summed E-state index contributed by atoms with van der Waals surface area (Å²) < 4.78 is 5.37. The van der Waals surface area contributed by atoms with Crippen LogP contribution in [-0.2, 0) is 16.0 Å². The average Bonchev–Trinajstić information content (AvgIpc) is 2.68. The van der Waals surface area contributed by atoms with Gasteiger partial charge in [0.1, 0.15) is 0 Å². The maximum absolute atomic E-state index is 12.1. The first-order valence-electron chi connectivity index (χ1n) is 8.94. The predicted molar refractivity (Wildman–Crippen MR) is 103 cm³/mol. The van der Waals surface area contributed by atoms with Gasteiger partial charge in [0.25, 0.3) is 0 Å². The van der Waals surface area contributed by atoms with Crippen LogP contribution >= 0.6 is 0 Å². The molecule has 26 heavy (non-hydrogen) atoms. The number of ether oxygens (including phenoxy) is 1. The highest BCUT2D eigenvalue weighted by Gasteiger charge is 2.11. The van der Waals surface area contributed by atoms with Crippen LogP contribution in [0.2, 0.25) is 0 Å². The van der Waals surface area contributed by atoms with Crippen molar-refractivity contribution in [2.75, 3.05) is 36.5 Å². The molecule has 2 aromatic carbocycles. The lowest BCUT2D eigenvalue weighted by atomic mass is 10.1. The Hall–Kier alpha value is -2.66. The molecule has 1 heterocycles. The van der Waals surface area contributed by atoms with Gasteiger partial charge >= 0.3 is 0 Å². The van der Waals surface area contributed by atoms with Crippen molar-refractivity contribution in [1.82, 2.24) is 0 Å². The van der Waals surface area contributed by atoms with Crippen molar-refractivity contribution >= 4 is 23.1 Å². The standard InChI is InChI=1S/C21H24N2O3/c1-16(24)18-5-7-19(8-6-18)22-21(25)11-4-17-2-9-20(10-3-17)23-12-14-26-15-13-23/h2-3,5-10H,4,11-15H2,1H3,(H,22,25). The SMILES string of the molecule is CC(=O)c1ccc(NC(=O)CCc2ccc(N3CCOCC3)cc2)cc1. The van der Waals surface area contributed by atoms with Gasteiger partial charge in [-0.3, -0.25) is 9.59 Å². The Morgan fingerprint density at radius 3 is 2.27 bits per heavy atom. The molecule has 1 N–H and O–H groups in total. The van der Waals surface area contributed by atoms with Crippen LogP contribution in [0.3, 0.4) is 0 Å². The molecule has 0 spiro atoms. The molecule has 1 saturated heterocycles. The van der Waals surface area contributed by atoms with Crippen molar-refractivity contribution in [3.05, 3.63) is 59.7 Å². The quantitative estimate of drug-likeness (QED) is 0.811. The Bertz CT molecular complexity index is 748. The van der Waals surface area contributed by atoms with Gasteiger partial charge in [-0.05, 0) is 55.3 Å². The van der Waals surface area contributed by atoms with Crippen molar-refractivity contribution < 1.29 is 14.3 Å². The molecule has 0 aliphatic carbocycles. The molecule has 1 fully saturated rings. The Kier molecular flexibility index (Phi) is 6.02. The molecular formula is C21H24N2O3. The Morgan fingerprint density at radius 2 is 1.65 bits per heavy atom. The highest BCUT2D eigenvalue weighted by atomic mass is 16.5. The molecular weight excluding hydrogens is 328 g/mol. The summed E-state index contributed by atoms with van der Waals surface area (Å²) in [6.45, 7) is 4.91. The zero-order valence-electron chi connectivity index (χ0n) is 15.0. The second kappa shape index (κ2) is 8.63. The number of ketones is 1. The number of morpholine rings is 1. The number of carbonyl (C=O) groups excluding carboxylic acids is 2. The summed E-state index contributed by atoms with van der Waals surface area (Å²) in [7, 11) is 0. The molecule has 2 aromatic rings. The van der Waals surface area contributed by atoms with Crippen LogP contribution < -0.4 is 10.2 Å². The number of carbonyl (C=O) groups is 2. The van der Waals surface area contributed by atoms with Gasteiger partial charge in [0.15, 0.2) is 5.78 Å². The third-order valence-electron chi connectivity index (χ3n) is 4.53. The van der Waals surface area contributed by atoms with Gasteiger partial charge < -0.3 is 15.0 Å². The highest BCUT2D eigenvalue weighted by Crippen LogP contribution is 2.18. The maximum atomic E-state index is 12.1. The molecule has 5 nitrogen and oxygen atoms in total. The van der Waals surface area contributed by atoms with Crippen molar-refractivity contribution in [3.8, 4) is 0 Å². The predicted octanol–water partition coefficient (Wildman–Crippen LogP) is 3.30. The number of amides is 1. The monoisotopic (exact) mass is 352 g/mol. The maximum Gasteiger partial charge on any atom is 0.224 e. The zero-order valence-corrected chi connectivity index (χ0v) is 15.0. The molecule has 0 aromatic heterocycles. The Labute approximate surface area is 154 Å². The molecule has 0 saturated carbocycles. The minimum absolute atomic E-state index is 0.0170. The average molecular weight is 352 g/mol. The molecule has 0 atom stereocenters. The number of Topliss-reactive ketones (excluding diaryl/α,β-unsaturated/α-hetero) is 1.